The molecule has 0 atom stereocenters. The van der Waals surface area contributed by atoms with Crippen molar-refractivity contribution >= 4 is 11.4 Å². The van der Waals surface area contributed by atoms with Gasteiger partial charge in [0.2, 0.25) is 5.82 Å². The van der Waals surface area contributed by atoms with Gasteiger partial charge >= 0.3 is 0 Å². The van der Waals surface area contributed by atoms with Crippen LogP contribution in [0.2, 0.25) is 0 Å². The number of anilines is 2. The smallest absolute Gasteiger partial charge is 0.258 e. The van der Waals surface area contributed by atoms with E-state index in [4.69, 9.17) is 4.52 Å². The van der Waals surface area contributed by atoms with Crippen LogP contribution in [-0.2, 0) is 0 Å². The number of pyridine rings is 2. The minimum atomic E-state index is 0.466. The molecular weight excluding hydrogens is 326 g/mol. The van der Waals surface area contributed by atoms with E-state index in [1.165, 1.54) is 0 Å². The lowest BCUT2D eigenvalue weighted by Gasteiger charge is -2.05. The minimum absolute atomic E-state index is 0.466. The van der Waals surface area contributed by atoms with Crippen molar-refractivity contribution in [2.45, 2.75) is 13.8 Å². The van der Waals surface area contributed by atoms with Gasteiger partial charge in [0.15, 0.2) is 0 Å². The first-order chi connectivity index (χ1) is 12.7. The summed E-state index contributed by atoms with van der Waals surface area (Å²) in [6.45, 7) is 3.99. The van der Waals surface area contributed by atoms with Crippen molar-refractivity contribution in [2.24, 2.45) is 0 Å². The molecule has 1 aromatic carbocycles. The Bertz CT molecular complexity index is 1030. The second-order valence-electron chi connectivity index (χ2n) is 5.97. The molecule has 0 amide bonds. The van der Waals surface area contributed by atoms with Crippen LogP contribution in [0.4, 0.5) is 11.4 Å². The number of aromatic nitrogens is 4. The van der Waals surface area contributed by atoms with Gasteiger partial charge in [-0.2, -0.15) is 4.98 Å². The second kappa shape index (κ2) is 6.76. The lowest BCUT2D eigenvalue weighted by Crippen LogP contribution is -1.91. The standard InChI is InChI=1S/C20H17N5O/c1-13-5-10-18(22-14(13)2)19-24-20(26-25-19)15-6-8-16(9-7-15)23-17-4-3-11-21-12-17/h3-12,23H,1-2H3. The first-order valence-electron chi connectivity index (χ1n) is 8.25. The Morgan fingerprint density at radius 1 is 0.885 bits per heavy atom. The van der Waals surface area contributed by atoms with E-state index in [0.717, 1.165) is 28.2 Å². The van der Waals surface area contributed by atoms with Crippen LogP contribution in [0.25, 0.3) is 23.0 Å². The first kappa shape index (κ1) is 16.0. The molecule has 0 saturated heterocycles. The summed E-state index contributed by atoms with van der Waals surface area (Å²) in [5, 5.41) is 7.34. The van der Waals surface area contributed by atoms with Crippen molar-refractivity contribution < 1.29 is 4.52 Å². The average Bonchev–Trinajstić information content (AvgIpc) is 3.16. The fourth-order valence-electron chi connectivity index (χ4n) is 2.50. The fourth-order valence-corrected chi connectivity index (χ4v) is 2.50. The molecule has 0 aliphatic rings. The number of benzene rings is 1. The summed E-state index contributed by atoms with van der Waals surface area (Å²) in [6.07, 6.45) is 3.51. The molecule has 0 unspecified atom stereocenters. The highest BCUT2D eigenvalue weighted by atomic mass is 16.5. The van der Waals surface area contributed by atoms with Gasteiger partial charge in [0.25, 0.3) is 5.89 Å². The van der Waals surface area contributed by atoms with Gasteiger partial charge in [0.1, 0.15) is 5.69 Å². The van der Waals surface area contributed by atoms with Gasteiger partial charge in [-0.1, -0.05) is 11.2 Å². The molecule has 0 spiro atoms. The molecule has 6 nitrogen and oxygen atoms in total. The molecule has 6 heteroatoms. The van der Waals surface area contributed by atoms with E-state index >= 15 is 0 Å². The fraction of sp³-hybridized carbons (Fsp3) is 0.100. The summed E-state index contributed by atoms with van der Waals surface area (Å²) < 4.78 is 5.40. The zero-order valence-corrected chi connectivity index (χ0v) is 14.5. The normalized spacial score (nSPS) is 10.7. The second-order valence-corrected chi connectivity index (χ2v) is 5.97. The maximum Gasteiger partial charge on any atom is 0.258 e. The van der Waals surface area contributed by atoms with Crippen LogP contribution < -0.4 is 5.32 Å². The molecule has 0 fully saturated rings. The van der Waals surface area contributed by atoms with Crippen LogP contribution in [0.5, 0.6) is 0 Å². The van der Waals surface area contributed by atoms with Crippen molar-refractivity contribution in [1.29, 1.82) is 0 Å². The number of nitrogens with one attached hydrogen (secondary N) is 1. The van der Waals surface area contributed by atoms with Crippen LogP contribution in [0, 0.1) is 13.8 Å². The molecule has 0 aliphatic carbocycles. The number of aryl methyl sites for hydroxylation is 2. The summed E-state index contributed by atoms with van der Waals surface area (Å²) in [5.41, 5.74) is 5.54. The number of hydrogen-bond donors (Lipinski definition) is 1. The van der Waals surface area contributed by atoms with Crippen molar-refractivity contribution in [2.75, 3.05) is 5.32 Å². The van der Waals surface area contributed by atoms with Crippen molar-refractivity contribution in [1.82, 2.24) is 20.1 Å². The van der Waals surface area contributed by atoms with E-state index in [2.05, 4.69) is 25.4 Å². The quantitative estimate of drug-likeness (QED) is 0.585. The van der Waals surface area contributed by atoms with Gasteiger partial charge in [-0.05, 0) is 61.9 Å². The molecule has 0 bridgehead atoms. The number of rotatable bonds is 4. The Labute approximate surface area is 151 Å². The third-order valence-electron chi connectivity index (χ3n) is 4.09. The summed E-state index contributed by atoms with van der Waals surface area (Å²) in [4.78, 5) is 13.1. The molecule has 128 valence electrons. The van der Waals surface area contributed by atoms with Crippen LogP contribution in [0.3, 0.4) is 0 Å². The van der Waals surface area contributed by atoms with Crippen molar-refractivity contribution in [3.05, 3.63) is 72.2 Å². The topological polar surface area (TPSA) is 76.7 Å². The molecular formula is C20H17N5O. The van der Waals surface area contributed by atoms with Crippen LogP contribution in [0.1, 0.15) is 11.3 Å². The molecule has 0 aliphatic heterocycles. The molecule has 4 aromatic rings. The highest BCUT2D eigenvalue weighted by Gasteiger charge is 2.12. The maximum absolute atomic E-state index is 5.40. The Balaban J connectivity index is 1.55. The van der Waals surface area contributed by atoms with E-state index in [-0.39, 0.29) is 0 Å². The average molecular weight is 343 g/mol. The van der Waals surface area contributed by atoms with E-state index < -0.39 is 0 Å². The highest BCUT2D eigenvalue weighted by Crippen LogP contribution is 2.24. The number of nitrogens with zero attached hydrogens (tertiary/aromatic N) is 4. The van der Waals surface area contributed by atoms with Gasteiger partial charge in [-0.3, -0.25) is 4.98 Å². The zero-order valence-electron chi connectivity index (χ0n) is 14.5. The van der Waals surface area contributed by atoms with E-state index in [9.17, 15) is 0 Å². The van der Waals surface area contributed by atoms with Gasteiger partial charge in [-0.25, -0.2) is 4.98 Å². The maximum atomic E-state index is 5.40. The number of hydrogen-bond acceptors (Lipinski definition) is 6. The Kier molecular flexibility index (Phi) is 4.15. The van der Waals surface area contributed by atoms with Gasteiger partial charge in [0, 0.05) is 23.1 Å². The summed E-state index contributed by atoms with van der Waals surface area (Å²) in [6, 6.07) is 15.5. The monoisotopic (exact) mass is 343 g/mol. The largest absolute Gasteiger partial charge is 0.354 e. The van der Waals surface area contributed by atoms with Crippen LogP contribution in [0.15, 0.2) is 65.4 Å². The Hall–Kier alpha value is -3.54. The zero-order chi connectivity index (χ0) is 17.9. The molecule has 4 rings (SSSR count). The molecule has 1 N–H and O–H groups in total. The third kappa shape index (κ3) is 3.30. The lowest BCUT2D eigenvalue weighted by molar-refractivity contribution is 0.432. The molecule has 3 heterocycles. The molecule has 3 aromatic heterocycles. The predicted octanol–water partition coefficient (Wildman–Crippen LogP) is 4.55. The van der Waals surface area contributed by atoms with Gasteiger partial charge in [0.05, 0.1) is 11.9 Å². The minimum Gasteiger partial charge on any atom is -0.354 e. The lowest BCUT2D eigenvalue weighted by atomic mass is 10.2. The first-order valence-corrected chi connectivity index (χ1v) is 8.25. The Morgan fingerprint density at radius 3 is 2.46 bits per heavy atom. The van der Waals surface area contributed by atoms with E-state index in [1.807, 2.05) is 62.4 Å². The predicted molar refractivity (Wildman–Crippen MR) is 100.0 cm³/mol. The molecule has 0 saturated carbocycles. The van der Waals surface area contributed by atoms with E-state index in [1.54, 1.807) is 12.4 Å². The van der Waals surface area contributed by atoms with Crippen LogP contribution in [-0.4, -0.2) is 20.1 Å². The summed E-state index contributed by atoms with van der Waals surface area (Å²) in [7, 11) is 0. The van der Waals surface area contributed by atoms with E-state index in [0.29, 0.717) is 17.4 Å². The highest BCUT2D eigenvalue weighted by molar-refractivity contribution is 5.64. The summed E-state index contributed by atoms with van der Waals surface area (Å²) in [5.74, 6) is 0.952. The molecule has 0 radical (unpaired) electrons. The van der Waals surface area contributed by atoms with Crippen molar-refractivity contribution in [3.63, 3.8) is 0 Å². The van der Waals surface area contributed by atoms with Crippen molar-refractivity contribution in [3.8, 4) is 23.0 Å². The van der Waals surface area contributed by atoms with Gasteiger partial charge in [-0.15, -0.1) is 0 Å². The third-order valence-corrected chi connectivity index (χ3v) is 4.09. The van der Waals surface area contributed by atoms with Crippen LogP contribution >= 0.6 is 0 Å². The Morgan fingerprint density at radius 2 is 1.73 bits per heavy atom. The molecule has 26 heavy (non-hydrogen) atoms. The summed E-state index contributed by atoms with van der Waals surface area (Å²) >= 11 is 0. The van der Waals surface area contributed by atoms with Gasteiger partial charge < -0.3 is 9.84 Å². The SMILES string of the molecule is Cc1ccc(-c2noc(-c3ccc(Nc4cccnc4)cc3)n2)nc1C.